The summed E-state index contributed by atoms with van der Waals surface area (Å²) in [5, 5.41) is 9.16. The van der Waals surface area contributed by atoms with Crippen LogP contribution >= 0.6 is 11.6 Å². The first-order valence-corrected chi connectivity index (χ1v) is 7.88. The quantitative estimate of drug-likeness (QED) is 0.906. The van der Waals surface area contributed by atoms with Crippen LogP contribution < -0.4 is 4.72 Å². The first-order chi connectivity index (χ1) is 9.83. The highest BCUT2D eigenvalue weighted by Crippen LogP contribution is 2.23. The molecule has 0 unspecified atom stereocenters. The monoisotopic (exact) mass is 329 g/mol. The lowest BCUT2D eigenvalue weighted by Gasteiger charge is -2.10. The molecule has 112 valence electrons. The van der Waals surface area contributed by atoms with E-state index in [0.717, 1.165) is 6.07 Å². The summed E-state index contributed by atoms with van der Waals surface area (Å²) >= 11 is 5.87. The van der Waals surface area contributed by atoms with Gasteiger partial charge in [0.25, 0.3) is 10.0 Å². The molecule has 0 bridgehead atoms. The Morgan fingerprint density at radius 2 is 1.95 bits per heavy atom. The third kappa shape index (κ3) is 3.53. The van der Waals surface area contributed by atoms with E-state index in [1.807, 2.05) is 0 Å². The molecule has 0 saturated carbocycles. The van der Waals surface area contributed by atoms with Crippen LogP contribution in [0.15, 0.2) is 41.3 Å². The summed E-state index contributed by atoms with van der Waals surface area (Å²) in [5.41, 5.74) is 0.978. The standard InChI is InChI=1S/C14H13ClFNO3S/c1-9-2-4-11(6-14(9)16)17-21(19,20)12-5-3-10(8-18)13(15)7-12/h2-7,17-18H,8H2,1H3. The van der Waals surface area contributed by atoms with Crippen LogP contribution in [0.1, 0.15) is 11.1 Å². The fourth-order valence-corrected chi connectivity index (χ4v) is 3.07. The van der Waals surface area contributed by atoms with Crippen LogP contribution in [-0.2, 0) is 16.6 Å². The van der Waals surface area contributed by atoms with Crippen LogP contribution in [0.4, 0.5) is 10.1 Å². The fraction of sp³-hybridized carbons (Fsp3) is 0.143. The van der Waals surface area contributed by atoms with E-state index in [1.165, 1.54) is 30.3 Å². The van der Waals surface area contributed by atoms with Crippen LogP contribution in [0, 0.1) is 12.7 Å². The molecule has 0 heterocycles. The van der Waals surface area contributed by atoms with E-state index in [-0.39, 0.29) is 22.2 Å². The van der Waals surface area contributed by atoms with Crippen molar-refractivity contribution in [3.8, 4) is 0 Å². The van der Waals surface area contributed by atoms with Gasteiger partial charge >= 0.3 is 0 Å². The smallest absolute Gasteiger partial charge is 0.261 e. The molecule has 0 aromatic heterocycles. The molecule has 4 nitrogen and oxygen atoms in total. The van der Waals surface area contributed by atoms with Gasteiger partial charge in [-0.05, 0) is 42.3 Å². The second-order valence-electron chi connectivity index (χ2n) is 4.48. The van der Waals surface area contributed by atoms with E-state index in [4.69, 9.17) is 16.7 Å². The SMILES string of the molecule is Cc1ccc(NS(=O)(=O)c2ccc(CO)c(Cl)c2)cc1F. The number of aryl methyl sites for hydroxylation is 1. The highest BCUT2D eigenvalue weighted by Gasteiger charge is 2.16. The summed E-state index contributed by atoms with van der Waals surface area (Å²) in [6, 6.07) is 8.04. The zero-order chi connectivity index (χ0) is 15.6. The number of benzene rings is 2. The average molecular weight is 330 g/mol. The van der Waals surface area contributed by atoms with E-state index >= 15 is 0 Å². The molecule has 21 heavy (non-hydrogen) atoms. The Balaban J connectivity index is 2.33. The van der Waals surface area contributed by atoms with Crippen molar-refractivity contribution < 1.29 is 17.9 Å². The van der Waals surface area contributed by atoms with Crippen molar-refractivity contribution in [3.63, 3.8) is 0 Å². The number of aliphatic hydroxyl groups is 1. The van der Waals surface area contributed by atoms with Gasteiger partial charge in [-0.2, -0.15) is 0 Å². The predicted molar refractivity (Wildman–Crippen MR) is 79.3 cm³/mol. The highest BCUT2D eigenvalue weighted by molar-refractivity contribution is 7.92. The zero-order valence-electron chi connectivity index (χ0n) is 11.1. The molecular formula is C14H13ClFNO3S. The molecule has 0 spiro atoms. The molecule has 0 aliphatic carbocycles. The average Bonchev–Trinajstić information content (AvgIpc) is 2.42. The van der Waals surface area contributed by atoms with E-state index in [1.54, 1.807) is 6.92 Å². The number of hydrogen-bond donors (Lipinski definition) is 2. The Morgan fingerprint density at radius 3 is 2.52 bits per heavy atom. The number of halogens is 2. The number of aliphatic hydroxyl groups excluding tert-OH is 1. The summed E-state index contributed by atoms with van der Waals surface area (Å²) < 4.78 is 40.1. The number of rotatable bonds is 4. The van der Waals surface area contributed by atoms with Gasteiger partial charge in [0.2, 0.25) is 0 Å². The third-order valence-electron chi connectivity index (χ3n) is 2.93. The molecule has 0 saturated heterocycles. The molecule has 0 aliphatic heterocycles. The van der Waals surface area contributed by atoms with Gasteiger partial charge in [-0.1, -0.05) is 23.7 Å². The Morgan fingerprint density at radius 1 is 1.24 bits per heavy atom. The van der Waals surface area contributed by atoms with Gasteiger partial charge < -0.3 is 5.11 Å². The summed E-state index contributed by atoms with van der Waals surface area (Å²) in [7, 11) is -3.87. The second kappa shape index (κ2) is 6.01. The van der Waals surface area contributed by atoms with E-state index in [2.05, 4.69) is 4.72 Å². The first kappa shape index (κ1) is 15.8. The lowest BCUT2D eigenvalue weighted by molar-refractivity contribution is 0.282. The maximum atomic E-state index is 13.4. The number of sulfonamides is 1. The fourth-order valence-electron chi connectivity index (χ4n) is 1.69. The van der Waals surface area contributed by atoms with Crippen molar-refractivity contribution in [1.82, 2.24) is 0 Å². The highest BCUT2D eigenvalue weighted by atomic mass is 35.5. The topological polar surface area (TPSA) is 66.4 Å². The van der Waals surface area contributed by atoms with Gasteiger partial charge in [0, 0.05) is 5.02 Å². The Hall–Kier alpha value is -1.63. The van der Waals surface area contributed by atoms with Crippen molar-refractivity contribution in [3.05, 3.63) is 58.4 Å². The minimum absolute atomic E-state index is 0.0642. The van der Waals surface area contributed by atoms with E-state index in [0.29, 0.717) is 11.1 Å². The maximum Gasteiger partial charge on any atom is 0.261 e. The second-order valence-corrected chi connectivity index (χ2v) is 6.57. The van der Waals surface area contributed by atoms with Crippen molar-refractivity contribution in [2.45, 2.75) is 18.4 Å². The molecule has 2 aromatic carbocycles. The van der Waals surface area contributed by atoms with Gasteiger partial charge in [0.15, 0.2) is 0 Å². The molecule has 2 N–H and O–H groups in total. The van der Waals surface area contributed by atoms with Crippen molar-refractivity contribution >= 4 is 27.3 Å². The van der Waals surface area contributed by atoms with Gasteiger partial charge in [-0.25, -0.2) is 12.8 Å². The summed E-state index contributed by atoms with van der Waals surface area (Å²) in [4.78, 5) is -0.0642. The minimum atomic E-state index is -3.87. The summed E-state index contributed by atoms with van der Waals surface area (Å²) in [6.07, 6.45) is 0. The van der Waals surface area contributed by atoms with Crippen molar-refractivity contribution in [2.75, 3.05) is 4.72 Å². The van der Waals surface area contributed by atoms with Gasteiger partial charge in [0.1, 0.15) is 5.82 Å². The van der Waals surface area contributed by atoms with Crippen molar-refractivity contribution in [1.29, 1.82) is 0 Å². The lowest BCUT2D eigenvalue weighted by Crippen LogP contribution is -2.13. The predicted octanol–water partition coefficient (Wildman–Crippen LogP) is 3.08. The van der Waals surface area contributed by atoms with Crippen LogP contribution in [0.2, 0.25) is 5.02 Å². The first-order valence-electron chi connectivity index (χ1n) is 6.02. The molecular weight excluding hydrogens is 317 g/mol. The number of nitrogens with one attached hydrogen (secondary N) is 1. The van der Waals surface area contributed by atoms with Gasteiger partial charge in [-0.15, -0.1) is 0 Å². The van der Waals surface area contributed by atoms with Gasteiger partial charge in [-0.3, -0.25) is 4.72 Å². The molecule has 0 amide bonds. The number of hydrogen-bond acceptors (Lipinski definition) is 3. The van der Waals surface area contributed by atoms with Crippen LogP contribution in [-0.4, -0.2) is 13.5 Å². The molecule has 0 fully saturated rings. The van der Waals surface area contributed by atoms with Crippen LogP contribution in [0.3, 0.4) is 0 Å². The molecule has 0 aliphatic rings. The summed E-state index contributed by atoms with van der Waals surface area (Å²) in [6.45, 7) is 1.30. The van der Waals surface area contributed by atoms with E-state index < -0.39 is 15.8 Å². The lowest BCUT2D eigenvalue weighted by atomic mass is 10.2. The number of anilines is 1. The Bertz CT molecular complexity index is 778. The molecule has 2 aromatic rings. The van der Waals surface area contributed by atoms with Crippen LogP contribution in [0.5, 0.6) is 0 Å². The molecule has 2 rings (SSSR count). The normalized spacial score (nSPS) is 11.4. The Labute approximate surface area is 127 Å². The zero-order valence-corrected chi connectivity index (χ0v) is 12.7. The van der Waals surface area contributed by atoms with Crippen molar-refractivity contribution in [2.24, 2.45) is 0 Å². The molecule has 0 radical (unpaired) electrons. The maximum absolute atomic E-state index is 13.4. The minimum Gasteiger partial charge on any atom is -0.392 e. The molecule has 0 atom stereocenters. The Kier molecular flexibility index (Phi) is 4.51. The largest absolute Gasteiger partial charge is 0.392 e. The van der Waals surface area contributed by atoms with E-state index in [9.17, 15) is 12.8 Å². The molecule has 7 heteroatoms. The third-order valence-corrected chi connectivity index (χ3v) is 4.66. The summed E-state index contributed by atoms with van der Waals surface area (Å²) in [5.74, 6) is -0.496. The van der Waals surface area contributed by atoms with Crippen LogP contribution in [0.25, 0.3) is 0 Å². The van der Waals surface area contributed by atoms with Gasteiger partial charge in [0.05, 0.1) is 17.2 Å².